The third-order valence-corrected chi connectivity index (χ3v) is 3.97. The Morgan fingerprint density at radius 2 is 1.96 bits per heavy atom. The summed E-state index contributed by atoms with van der Waals surface area (Å²) in [7, 11) is 0. The van der Waals surface area contributed by atoms with Crippen molar-refractivity contribution in [3.63, 3.8) is 0 Å². The molecule has 0 radical (unpaired) electrons. The van der Waals surface area contributed by atoms with E-state index in [1.807, 2.05) is 0 Å². The summed E-state index contributed by atoms with van der Waals surface area (Å²) in [5.41, 5.74) is 1.45. The van der Waals surface area contributed by atoms with Gasteiger partial charge in [-0.1, -0.05) is 0 Å². The summed E-state index contributed by atoms with van der Waals surface area (Å²) in [6, 6.07) is 8.96. The number of H-pyrrole nitrogens is 2. The van der Waals surface area contributed by atoms with Crippen molar-refractivity contribution in [1.82, 2.24) is 9.97 Å². The summed E-state index contributed by atoms with van der Waals surface area (Å²) < 4.78 is 19.0. The minimum Gasteiger partial charge on any atom is -0.480 e. The fourth-order valence-corrected chi connectivity index (χ4v) is 2.61. The Hall–Kier alpha value is -2.61. The number of carbonyl (C=O) groups is 1. The van der Waals surface area contributed by atoms with E-state index >= 15 is 0 Å². The van der Waals surface area contributed by atoms with E-state index in [0.29, 0.717) is 26.9 Å². The quantitative estimate of drug-likeness (QED) is 0.636. The molecule has 0 saturated carbocycles. The van der Waals surface area contributed by atoms with Crippen LogP contribution in [-0.4, -0.2) is 22.0 Å². The monoisotopic (exact) mass is 393 g/mol. The summed E-state index contributed by atoms with van der Waals surface area (Å²) in [4.78, 5) is 28.7. The molecule has 2 aromatic carbocycles. The third-order valence-electron chi connectivity index (χ3n) is 3.35. The van der Waals surface area contributed by atoms with Gasteiger partial charge in [-0.2, -0.15) is 0 Å². The van der Waals surface area contributed by atoms with Crippen LogP contribution in [0.5, 0.6) is 5.75 Å². The molecule has 3 rings (SSSR count). The minimum absolute atomic E-state index is 0.314. The van der Waals surface area contributed by atoms with Crippen molar-refractivity contribution in [2.75, 3.05) is 5.32 Å². The number of aromatic nitrogens is 2. The van der Waals surface area contributed by atoms with Gasteiger partial charge in [-0.3, -0.25) is 4.79 Å². The van der Waals surface area contributed by atoms with Crippen LogP contribution in [0.15, 0.2) is 45.7 Å². The summed E-state index contributed by atoms with van der Waals surface area (Å²) in [5, 5.41) is 2.70. The standard InChI is InChI=1S/C16H13BrFN3O3/c1-8(24-14-5-2-9(18)6-11(14)17)15(22)19-10-3-4-12-13(7-10)21-16(23)20-12/h2-8H,1H3,(H,19,22)(H2,20,21,23)/t8-/m0/s1. The van der Waals surface area contributed by atoms with E-state index < -0.39 is 11.9 Å². The van der Waals surface area contributed by atoms with Crippen molar-refractivity contribution in [3.8, 4) is 5.75 Å². The van der Waals surface area contributed by atoms with Gasteiger partial charge in [-0.15, -0.1) is 0 Å². The van der Waals surface area contributed by atoms with Crippen molar-refractivity contribution in [1.29, 1.82) is 0 Å². The highest BCUT2D eigenvalue weighted by atomic mass is 79.9. The Kier molecular flexibility index (Phi) is 4.39. The number of hydrogen-bond donors (Lipinski definition) is 3. The molecule has 0 bridgehead atoms. The van der Waals surface area contributed by atoms with Gasteiger partial charge in [0.2, 0.25) is 0 Å². The average molecular weight is 394 g/mol. The van der Waals surface area contributed by atoms with Crippen molar-refractivity contribution in [2.45, 2.75) is 13.0 Å². The highest BCUT2D eigenvalue weighted by Gasteiger charge is 2.17. The Labute approximate surface area is 144 Å². The molecule has 0 saturated heterocycles. The molecule has 0 aliphatic rings. The van der Waals surface area contributed by atoms with E-state index in [2.05, 4.69) is 31.2 Å². The zero-order valence-corrected chi connectivity index (χ0v) is 14.1. The summed E-state index contributed by atoms with van der Waals surface area (Å²) in [6.07, 6.45) is -0.798. The van der Waals surface area contributed by atoms with Gasteiger partial charge in [-0.05, 0) is 59.3 Å². The molecule has 3 N–H and O–H groups in total. The van der Waals surface area contributed by atoms with Crippen LogP contribution in [0.25, 0.3) is 11.0 Å². The van der Waals surface area contributed by atoms with Crippen molar-refractivity contribution in [3.05, 3.63) is 57.2 Å². The number of nitrogens with one attached hydrogen (secondary N) is 3. The molecule has 0 aliphatic heterocycles. The van der Waals surface area contributed by atoms with Crippen LogP contribution in [0, 0.1) is 5.82 Å². The van der Waals surface area contributed by atoms with E-state index in [0.717, 1.165) is 0 Å². The topological polar surface area (TPSA) is 87.0 Å². The molecule has 6 nitrogen and oxygen atoms in total. The second-order valence-electron chi connectivity index (χ2n) is 5.16. The van der Waals surface area contributed by atoms with Crippen LogP contribution in [0.1, 0.15) is 6.92 Å². The number of carbonyl (C=O) groups excluding carboxylic acids is 1. The van der Waals surface area contributed by atoms with Crippen molar-refractivity contribution in [2.24, 2.45) is 0 Å². The van der Waals surface area contributed by atoms with E-state index in [4.69, 9.17) is 4.74 Å². The summed E-state index contributed by atoms with van der Waals surface area (Å²) >= 11 is 3.19. The number of anilines is 1. The van der Waals surface area contributed by atoms with Gasteiger partial charge in [0.15, 0.2) is 6.10 Å². The van der Waals surface area contributed by atoms with Crippen LogP contribution in [0.3, 0.4) is 0 Å². The molecule has 1 aromatic heterocycles. The fraction of sp³-hybridized carbons (Fsp3) is 0.125. The molecule has 1 amide bonds. The lowest BCUT2D eigenvalue weighted by Crippen LogP contribution is -2.30. The van der Waals surface area contributed by atoms with E-state index in [1.165, 1.54) is 18.2 Å². The smallest absolute Gasteiger partial charge is 0.323 e. The van der Waals surface area contributed by atoms with Crippen LogP contribution in [-0.2, 0) is 4.79 Å². The highest BCUT2D eigenvalue weighted by Crippen LogP contribution is 2.26. The molecule has 3 aromatic rings. The van der Waals surface area contributed by atoms with Crippen LogP contribution < -0.4 is 15.7 Å². The highest BCUT2D eigenvalue weighted by molar-refractivity contribution is 9.10. The zero-order valence-electron chi connectivity index (χ0n) is 12.5. The first-order chi connectivity index (χ1) is 11.4. The van der Waals surface area contributed by atoms with Gasteiger partial charge in [-0.25, -0.2) is 9.18 Å². The molecule has 1 heterocycles. The molecule has 0 aliphatic carbocycles. The van der Waals surface area contributed by atoms with E-state index in [1.54, 1.807) is 25.1 Å². The lowest BCUT2D eigenvalue weighted by atomic mass is 10.2. The van der Waals surface area contributed by atoms with Gasteiger partial charge in [0, 0.05) is 5.69 Å². The first kappa shape index (κ1) is 16.3. The van der Waals surface area contributed by atoms with Gasteiger partial charge in [0.05, 0.1) is 15.5 Å². The molecule has 0 fully saturated rings. The average Bonchev–Trinajstić information content (AvgIpc) is 2.89. The number of fused-ring (bicyclic) bond motifs is 1. The zero-order chi connectivity index (χ0) is 17.3. The first-order valence-corrected chi connectivity index (χ1v) is 7.86. The summed E-state index contributed by atoms with van der Waals surface area (Å²) in [5.74, 6) is -0.409. The normalized spacial score (nSPS) is 12.1. The maximum Gasteiger partial charge on any atom is 0.323 e. The number of rotatable bonds is 4. The molecule has 24 heavy (non-hydrogen) atoms. The molecule has 8 heteroatoms. The van der Waals surface area contributed by atoms with Gasteiger partial charge in [0.1, 0.15) is 11.6 Å². The molecule has 124 valence electrons. The van der Waals surface area contributed by atoms with Crippen LogP contribution in [0.2, 0.25) is 0 Å². The number of hydrogen-bond acceptors (Lipinski definition) is 3. The van der Waals surface area contributed by atoms with Gasteiger partial charge in [0.25, 0.3) is 5.91 Å². The van der Waals surface area contributed by atoms with E-state index in [-0.39, 0.29) is 11.6 Å². The van der Waals surface area contributed by atoms with Crippen LogP contribution >= 0.6 is 15.9 Å². The SMILES string of the molecule is C[C@H](Oc1ccc(F)cc1Br)C(=O)Nc1ccc2[nH]c(=O)[nH]c2c1. The molecular weight excluding hydrogens is 381 g/mol. The molecule has 1 atom stereocenters. The number of imidazole rings is 1. The second-order valence-corrected chi connectivity index (χ2v) is 6.02. The minimum atomic E-state index is -0.798. The van der Waals surface area contributed by atoms with Gasteiger partial charge < -0.3 is 20.0 Å². The fourth-order valence-electron chi connectivity index (χ4n) is 2.17. The number of aromatic amines is 2. The second kappa shape index (κ2) is 6.48. The Balaban J connectivity index is 1.71. The predicted molar refractivity (Wildman–Crippen MR) is 91.7 cm³/mol. The number of benzene rings is 2. The number of amides is 1. The third kappa shape index (κ3) is 3.48. The Bertz CT molecular complexity index is 967. The lowest BCUT2D eigenvalue weighted by molar-refractivity contribution is -0.122. The molecular formula is C16H13BrFN3O3. The number of halogens is 2. The summed E-state index contributed by atoms with van der Waals surface area (Å²) in [6.45, 7) is 1.59. The van der Waals surface area contributed by atoms with Gasteiger partial charge >= 0.3 is 5.69 Å². The van der Waals surface area contributed by atoms with Crippen LogP contribution in [0.4, 0.5) is 10.1 Å². The maximum absolute atomic E-state index is 13.1. The molecule has 0 unspecified atom stereocenters. The Morgan fingerprint density at radius 3 is 2.71 bits per heavy atom. The Morgan fingerprint density at radius 1 is 1.21 bits per heavy atom. The van der Waals surface area contributed by atoms with E-state index in [9.17, 15) is 14.0 Å². The molecule has 0 spiro atoms. The first-order valence-electron chi connectivity index (χ1n) is 7.07. The largest absolute Gasteiger partial charge is 0.480 e. The maximum atomic E-state index is 13.1. The van der Waals surface area contributed by atoms with Crippen molar-refractivity contribution >= 4 is 38.6 Å². The number of ether oxygens (including phenoxy) is 1. The lowest BCUT2D eigenvalue weighted by Gasteiger charge is -2.15. The predicted octanol–water partition coefficient (Wildman–Crippen LogP) is 3.16. The van der Waals surface area contributed by atoms with Crippen molar-refractivity contribution < 1.29 is 13.9 Å².